The summed E-state index contributed by atoms with van der Waals surface area (Å²) in [7, 11) is -3.44. The molecule has 2 aromatic rings. The van der Waals surface area contributed by atoms with E-state index in [1.165, 1.54) is 11.8 Å². The Morgan fingerprint density at radius 2 is 1.62 bits per heavy atom. The fraction of sp³-hybridized carbons (Fsp3) is 0.391. The average molecular weight is 493 g/mol. The number of fused-ring (bicyclic) bond motifs is 1. The molecule has 0 radical (unpaired) electrons. The number of alkyl halides is 2. The summed E-state index contributed by atoms with van der Waals surface area (Å²) >= 11 is 0. The van der Waals surface area contributed by atoms with E-state index >= 15 is 0 Å². The number of halogens is 2. The number of carboxylic acid groups (broad SMARTS) is 1. The molecular formula is C23H24F2N3O5S-. The molecule has 0 spiro atoms. The van der Waals surface area contributed by atoms with Crippen LogP contribution in [0.5, 0.6) is 0 Å². The number of rotatable bonds is 4. The number of hydrogen-bond donors (Lipinski definition) is 1. The van der Waals surface area contributed by atoms with Crippen LogP contribution < -0.4 is 19.6 Å². The predicted octanol–water partition coefficient (Wildman–Crippen LogP) is 3.04. The molecule has 1 unspecified atom stereocenters. The van der Waals surface area contributed by atoms with Gasteiger partial charge < -0.3 is 19.7 Å². The number of nitrogens with one attached hydrogen (secondary N) is 1. The van der Waals surface area contributed by atoms with Crippen LogP contribution in [0.25, 0.3) is 11.1 Å². The molecule has 1 aliphatic heterocycles. The van der Waals surface area contributed by atoms with E-state index in [1.807, 2.05) is 0 Å². The van der Waals surface area contributed by atoms with Gasteiger partial charge in [-0.15, -0.1) is 0 Å². The highest BCUT2D eigenvalue weighted by Gasteiger charge is 2.54. The summed E-state index contributed by atoms with van der Waals surface area (Å²) in [5.74, 6) is -3.80. The van der Waals surface area contributed by atoms with Crippen molar-refractivity contribution >= 4 is 39.1 Å². The quantitative estimate of drug-likeness (QED) is 0.706. The number of nitrogens with zero attached hydrogens (tertiary/aromatic N) is 2. The van der Waals surface area contributed by atoms with Crippen LogP contribution in [-0.4, -0.2) is 44.7 Å². The molecule has 2 amide bonds. The van der Waals surface area contributed by atoms with Crippen molar-refractivity contribution < 1.29 is 31.9 Å². The van der Waals surface area contributed by atoms with Crippen molar-refractivity contribution in [3.63, 3.8) is 0 Å². The van der Waals surface area contributed by atoms with E-state index in [1.54, 1.807) is 49.4 Å². The molecule has 0 saturated heterocycles. The van der Waals surface area contributed by atoms with Crippen molar-refractivity contribution in [1.29, 1.82) is 0 Å². The Morgan fingerprint density at radius 1 is 1.03 bits per heavy atom. The maximum Gasteiger partial charge on any atom is 0.248 e. The third-order valence-corrected chi connectivity index (χ3v) is 6.96. The molecule has 182 valence electrons. The lowest BCUT2D eigenvalue weighted by Crippen LogP contribution is -2.65. The van der Waals surface area contributed by atoms with Crippen LogP contribution in [0, 0.1) is 5.92 Å². The highest BCUT2D eigenvalue weighted by molar-refractivity contribution is 7.92. The van der Waals surface area contributed by atoms with E-state index in [-0.39, 0.29) is 11.6 Å². The lowest BCUT2D eigenvalue weighted by Gasteiger charge is -2.54. The molecule has 4 rings (SSSR count). The minimum absolute atomic E-state index is 0.185. The number of amides is 2. The number of hydrogen-bond acceptors (Lipinski definition) is 5. The second kappa shape index (κ2) is 8.23. The van der Waals surface area contributed by atoms with Gasteiger partial charge in [-0.1, -0.05) is 18.2 Å². The molecule has 8 nitrogen and oxygen atoms in total. The number of anilines is 3. The summed E-state index contributed by atoms with van der Waals surface area (Å²) in [6, 6.07) is 9.83. The SMILES string of the molecule is CC(=O)N1c2ccc(-c3ccc(NS(C)(=O)=O)cc3)cc2N(C(=O)[O-])C(C2CC(F)(F)C2)[C@@H]1C. The molecule has 2 atom stereocenters. The number of carbonyl (C=O) groups excluding carboxylic acids is 2. The minimum atomic E-state index is -3.44. The van der Waals surface area contributed by atoms with Crippen molar-refractivity contribution in [2.45, 2.75) is 44.7 Å². The predicted molar refractivity (Wildman–Crippen MR) is 122 cm³/mol. The fourth-order valence-electron chi connectivity index (χ4n) is 5.02. The van der Waals surface area contributed by atoms with Gasteiger partial charge in [0.1, 0.15) is 6.09 Å². The first-order valence-electron chi connectivity index (χ1n) is 10.7. The number of benzene rings is 2. The van der Waals surface area contributed by atoms with Crippen LogP contribution in [0.2, 0.25) is 0 Å². The zero-order valence-corrected chi connectivity index (χ0v) is 19.6. The molecule has 2 aromatic carbocycles. The maximum absolute atomic E-state index is 13.7. The van der Waals surface area contributed by atoms with Gasteiger partial charge in [0.25, 0.3) is 0 Å². The first kappa shape index (κ1) is 23.9. The van der Waals surface area contributed by atoms with Crippen molar-refractivity contribution in [3.8, 4) is 11.1 Å². The van der Waals surface area contributed by atoms with Gasteiger partial charge >= 0.3 is 0 Å². The second-order valence-electron chi connectivity index (χ2n) is 8.94. The van der Waals surface area contributed by atoms with E-state index in [0.717, 1.165) is 11.2 Å². The topological polar surface area (TPSA) is 110 Å². The van der Waals surface area contributed by atoms with Crippen molar-refractivity contribution in [2.75, 3.05) is 20.8 Å². The molecule has 11 heteroatoms. The van der Waals surface area contributed by atoms with Crippen LogP contribution in [0.1, 0.15) is 26.7 Å². The van der Waals surface area contributed by atoms with Crippen molar-refractivity contribution in [1.82, 2.24) is 0 Å². The van der Waals surface area contributed by atoms with E-state index in [0.29, 0.717) is 22.5 Å². The first-order chi connectivity index (χ1) is 15.8. The summed E-state index contributed by atoms with van der Waals surface area (Å²) in [4.78, 5) is 27.2. The smallest absolute Gasteiger partial charge is 0.248 e. The summed E-state index contributed by atoms with van der Waals surface area (Å²) in [6.07, 6.45) is -1.40. The average Bonchev–Trinajstić information content (AvgIpc) is 2.69. The van der Waals surface area contributed by atoms with Crippen LogP contribution in [0.4, 0.5) is 30.6 Å². The minimum Gasteiger partial charge on any atom is -0.530 e. The van der Waals surface area contributed by atoms with Crippen LogP contribution in [0.15, 0.2) is 42.5 Å². The summed E-state index contributed by atoms with van der Waals surface area (Å²) < 4.78 is 52.6. The normalized spacial score (nSPS) is 22.0. The molecule has 1 N–H and O–H groups in total. The Labute approximate surface area is 196 Å². The zero-order valence-electron chi connectivity index (χ0n) is 18.8. The van der Waals surface area contributed by atoms with Gasteiger partial charge in [-0.2, -0.15) is 0 Å². The van der Waals surface area contributed by atoms with Gasteiger partial charge in [0.15, 0.2) is 0 Å². The Hall–Kier alpha value is -3.21. The van der Waals surface area contributed by atoms with Gasteiger partial charge in [0.2, 0.25) is 21.9 Å². The molecule has 0 aromatic heterocycles. The third kappa shape index (κ3) is 4.44. The first-order valence-corrected chi connectivity index (χ1v) is 12.6. The standard InChI is InChI=1S/C23H25F2N3O5S/c1-13-21(17-11-23(24,25)12-17)28(22(30)31)20-10-16(6-9-19(20)27(13)14(2)29)15-4-7-18(8-5-15)26-34(3,32)33/h4-10,13,17,21,26H,11-12H2,1-3H3,(H,30,31)/p-1/t13-,21?/m0/s1. The monoisotopic (exact) mass is 492 g/mol. The lowest BCUT2D eigenvalue weighted by molar-refractivity contribution is -0.248. The van der Waals surface area contributed by atoms with Gasteiger partial charge in [-0.3, -0.25) is 9.52 Å². The number of carbonyl (C=O) groups is 2. The molecule has 1 aliphatic carbocycles. The summed E-state index contributed by atoms with van der Waals surface area (Å²) in [5, 5.41) is 12.2. The Kier molecular flexibility index (Phi) is 5.79. The summed E-state index contributed by atoms with van der Waals surface area (Å²) in [6.45, 7) is 3.01. The molecule has 2 aliphatic rings. The van der Waals surface area contributed by atoms with E-state index in [2.05, 4.69) is 4.72 Å². The highest BCUT2D eigenvalue weighted by Crippen LogP contribution is 2.50. The van der Waals surface area contributed by atoms with E-state index < -0.39 is 52.9 Å². The number of sulfonamides is 1. The summed E-state index contributed by atoms with van der Waals surface area (Å²) in [5.41, 5.74) is 2.17. The van der Waals surface area contributed by atoms with Crippen molar-refractivity contribution in [3.05, 3.63) is 42.5 Å². The Balaban J connectivity index is 1.77. The van der Waals surface area contributed by atoms with Crippen LogP contribution in [-0.2, 0) is 14.8 Å². The van der Waals surface area contributed by atoms with Gasteiger partial charge in [-0.05, 0) is 48.2 Å². The van der Waals surface area contributed by atoms with Gasteiger partial charge in [0, 0.05) is 25.5 Å². The lowest BCUT2D eigenvalue weighted by atomic mass is 9.72. The largest absolute Gasteiger partial charge is 0.530 e. The fourth-order valence-corrected chi connectivity index (χ4v) is 5.59. The van der Waals surface area contributed by atoms with E-state index in [9.17, 15) is 31.9 Å². The van der Waals surface area contributed by atoms with Crippen LogP contribution >= 0.6 is 0 Å². The molecule has 1 saturated carbocycles. The van der Waals surface area contributed by atoms with Gasteiger partial charge in [-0.25, -0.2) is 17.2 Å². The molecule has 1 heterocycles. The second-order valence-corrected chi connectivity index (χ2v) is 10.7. The zero-order chi connectivity index (χ0) is 25.0. The Morgan fingerprint density at radius 3 is 2.12 bits per heavy atom. The molecule has 1 fully saturated rings. The van der Waals surface area contributed by atoms with E-state index in [4.69, 9.17) is 0 Å². The molecule has 0 bridgehead atoms. The van der Waals surface area contributed by atoms with Crippen LogP contribution in [0.3, 0.4) is 0 Å². The maximum atomic E-state index is 13.7. The highest BCUT2D eigenvalue weighted by atomic mass is 32.2. The van der Waals surface area contributed by atoms with Gasteiger partial charge in [0.05, 0.1) is 29.7 Å². The third-order valence-electron chi connectivity index (χ3n) is 6.36. The van der Waals surface area contributed by atoms with Crippen molar-refractivity contribution in [2.24, 2.45) is 5.92 Å². The molecular weight excluding hydrogens is 468 g/mol. The Bertz CT molecular complexity index is 1240. The molecule has 34 heavy (non-hydrogen) atoms.